The van der Waals surface area contributed by atoms with Gasteiger partial charge in [0.25, 0.3) is 0 Å². The van der Waals surface area contributed by atoms with Crippen LogP contribution in [0.5, 0.6) is 0 Å². The largest absolute Gasteiger partial charge is 0.361 e. The summed E-state index contributed by atoms with van der Waals surface area (Å²) in [4.78, 5) is 8.32. The third-order valence-corrected chi connectivity index (χ3v) is 4.20. The van der Waals surface area contributed by atoms with E-state index in [1.165, 1.54) is 30.9 Å². The molecule has 1 fully saturated rings. The van der Waals surface area contributed by atoms with E-state index in [1.54, 1.807) is 11.3 Å². The van der Waals surface area contributed by atoms with Crippen LogP contribution in [0.15, 0.2) is 0 Å². The number of piperazine rings is 1. The van der Waals surface area contributed by atoms with Gasteiger partial charge in [-0.3, -0.25) is 0 Å². The molecule has 5 heteroatoms. The van der Waals surface area contributed by atoms with E-state index in [0.717, 1.165) is 30.5 Å². The molecule has 96 valence electrons. The minimum atomic E-state index is 1.02. The maximum Gasteiger partial charge on any atom is 0.183 e. The average molecular weight is 254 g/mol. The molecule has 1 aliphatic heterocycles. The molecule has 0 radical (unpaired) electrons. The molecule has 0 amide bonds. The number of aromatic nitrogens is 1. The third-order valence-electron chi connectivity index (χ3n) is 3.17. The Labute approximate surface area is 107 Å². The number of aryl methyl sites for hydroxylation is 2. The summed E-state index contributed by atoms with van der Waals surface area (Å²) in [6, 6.07) is 0. The lowest BCUT2D eigenvalue weighted by atomic mass is 10.3. The number of nitrogens with zero attached hydrogens (tertiary/aromatic N) is 2. The van der Waals surface area contributed by atoms with Gasteiger partial charge in [0.2, 0.25) is 0 Å². The van der Waals surface area contributed by atoms with Crippen LogP contribution in [-0.4, -0.2) is 49.2 Å². The number of rotatable bonds is 5. The third kappa shape index (κ3) is 3.94. The van der Waals surface area contributed by atoms with Crippen molar-refractivity contribution in [2.24, 2.45) is 0 Å². The molecule has 1 saturated heterocycles. The lowest BCUT2D eigenvalue weighted by molar-refractivity contribution is 0.240. The molecule has 2 heterocycles. The van der Waals surface area contributed by atoms with Crippen molar-refractivity contribution in [2.45, 2.75) is 20.3 Å². The Balaban J connectivity index is 1.62. The van der Waals surface area contributed by atoms with E-state index in [4.69, 9.17) is 0 Å². The molecule has 0 spiro atoms. The van der Waals surface area contributed by atoms with Gasteiger partial charge in [-0.1, -0.05) is 0 Å². The van der Waals surface area contributed by atoms with Gasteiger partial charge in [0, 0.05) is 37.6 Å². The van der Waals surface area contributed by atoms with Gasteiger partial charge >= 0.3 is 0 Å². The first kappa shape index (κ1) is 12.8. The quantitative estimate of drug-likeness (QED) is 0.781. The van der Waals surface area contributed by atoms with E-state index in [2.05, 4.69) is 34.4 Å². The molecule has 1 aromatic heterocycles. The molecule has 0 saturated carbocycles. The second kappa shape index (κ2) is 6.33. The van der Waals surface area contributed by atoms with Crippen molar-refractivity contribution in [3.63, 3.8) is 0 Å². The number of anilines is 1. The highest BCUT2D eigenvalue weighted by Gasteiger charge is 2.08. The van der Waals surface area contributed by atoms with E-state index < -0.39 is 0 Å². The smallest absolute Gasteiger partial charge is 0.183 e. The fourth-order valence-electron chi connectivity index (χ4n) is 1.98. The molecule has 0 aromatic carbocycles. The molecule has 4 nitrogen and oxygen atoms in total. The first-order chi connectivity index (χ1) is 8.25. The van der Waals surface area contributed by atoms with Crippen molar-refractivity contribution in [3.8, 4) is 0 Å². The van der Waals surface area contributed by atoms with Crippen molar-refractivity contribution in [2.75, 3.05) is 44.6 Å². The summed E-state index contributed by atoms with van der Waals surface area (Å²) in [5, 5.41) is 7.86. The fraction of sp³-hybridized carbons (Fsp3) is 0.750. The molecule has 0 aliphatic carbocycles. The summed E-state index contributed by atoms with van der Waals surface area (Å²) in [6.45, 7) is 11.1. The Kier molecular flexibility index (Phi) is 4.76. The van der Waals surface area contributed by atoms with Crippen LogP contribution in [0.4, 0.5) is 5.13 Å². The van der Waals surface area contributed by atoms with Gasteiger partial charge in [0.05, 0.1) is 5.69 Å². The van der Waals surface area contributed by atoms with Crippen LogP contribution in [-0.2, 0) is 0 Å². The second-order valence-corrected chi connectivity index (χ2v) is 5.74. The van der Waals surface area contributed by atoms with E-state index in [9.17, 15) is 0 Å². The van der Waals surface area contributed by atoms with Gasteiger partial charge in [-0.15, -0.1) is 11.3 Å². The first-order valence-electron chi connectivity index (χ1n) is 6.36. The van der Waals surface area contributed by atoms with E-state index >= 15 is 0 Å². The maximum absolute atomic E-state index is 4.48. The summed E-state index contributed by atoms with van der Waals surface area (Å²) in [5.41, 5.74) is 1.15. The van der Waals surface area contributed by atoms with Crippen LogP contribution in [0.3, 0.4) is 0 Å². The second-order valence-electron chi connectivity index (χ2n) is 4.53. The molecular weight excluding hydrogens is 232 g/mol. The zero-order valence-electron chi connectivity index (χ0n) is 10.8. The molecule has 0 atom stereocenters. The Morgan fingerprint density at radius 2 is 2.12 bits per heavy atom. The van der Waals surface area contributed by atoms with Crippen molar-refractivity contribution in [3.05, 3.63) is 10.6 Å². The van der Waals surface area contributed by atoms with Gasteiger partial charge in [0.15, 0.2) is 5.13 Å². The lowest BCUT2D eigenvalue weighted by Gasteiger charge is -2.26. The van der Waals surface area contributed by atoms with Crippen molar-refractivity contribution in [1.29, 1.82) is 0 Å². The number of thiazole rings is 1. The Morgan fingerprint density at radius 1 is 1.35 bits per heavy atom. The molecule has 1 aromatic rings. The summed E-state index contributed by atoms with van der Waals surface area (Å²) in [5.74, 6) is 0. The topological polar surface area (TPSA) is 40.2 Å². The van der Waals surface area contributed by atoms with Crippen LogP contribution in [0, 0.1) is 13.8 Å². The minimum absolute atomic E-state index is 1.02. The van der Waals surface area contributed by atoms with Gasteiger partial charge in [-0.05, 0) is 26.8 Å². The first-order valence-corrected chi connectivity index (χ1v) is 7.18. The van der Waals surface area contributed by atoms with Crippen LogP contribution in [0.25, 0.3) is 0 Å². The molecule has 17 heavy (non-hydrogen) atoms. The van der Waals surface area contributed by atoms with Gasteiger partial charge in [0.1, 0.15) is 0 Å². The predicted molar refractivity (Wildman–Crippen MR) is 74.0 cm³/mol. The Bertz CT molecular complexity index is 325. The van der Waals surface area contributed by atoms with Crippen molar-refractivity contribution >= 4 is 16.5 Å². The zero-order valence-corrected chi connectivity index (χ0v) is 11.6. The predicted octanol–water partition coefficient (Wildman–Crippen LogP) is 1.47. The molecule has 0 unspecified atom stereocenters. The summed E-state index contributed by atoms with van der Waals surface area (Å²) in [6.07, 6.45) is 1.19. The van der Waals surface area contributed by atoms with Gasteiger partial charge < -0.3 is 15.5 Å². The fourth-order valence-corrected chi connectivity index (χ4v) is 2.82. The van der Waals surface area contributed by atoms with E-state index in [1.807, 2.05) is 0 Å². The van der Waals surface area contributed by atoms with Crippen molar-refractivity contribution < 1.29 is 0 Å². The summed E-state index contributed by atoms with van der Waals surface area (Å²) >= 11 is 1.75. The van der Waals surface area contributed by atoms with Crippen LogP contribution in [0.1, 0.15) is 17.0 Å². The van der Waals surface area contributed by atoms with Gasteiger partial charge in [-0.25, -0.2) is 4.98 Å². The monoisotopic (exact) mass is 254 g/mol. The molecule has 1 aliphatic rings. The SMILES string of the molecule is Cc1nc(NCCCN2CCNCC2)sc1C. The lowest BCUT2D eigenvalue weighted by Crippen LogP contribution is -2.44. The summed E-state index contributed by atoms with van der Waals surface area (Å²) < 4.78 is 0. The highest BCUT2D eigenvalue weighted by atomic mass is 32.1. The maximum atomic E-state index is 4.48. The van der Waals surface area contributed by atoms with Crippen LogP contribution < -0.4 is 10.6 Å². The standard InChI is InChI=1S/C12H22N4S/c1-10-11(2)17-12(15-10)14-4-3-7-16-8-5-13-6-9-16/h13H,3-9H2,1-2H3,(H,14,15). The highest BCUT2D eigenvalue weighted by Crippen LogP contribution is 2.20. The molecule has 0 bridgehead atoms. The average Bonchev–Trinajstić information content (AvgIpc) is 2.66. The molecular formula is C12H22N4S. The van der Waals surface area contributed by atoms with E-state index in [0.29, 0.717) is 0 Å². The van der Waals surface area contributed by atoms with Crippen LogP contribution >= 0.6 is 11.3 Å². The van der Waals surface area contributed by atoms with Gasteiger partial charge in [-0.2, -0.15) is 0 Å². The highest BCUT2D eigenvalue weighted by molar-refractivity contribution is 7.15. The number of hydrogen-bond donors (Lipinski definition) is 2. The minimum Gasteiger partial charge on any atom is -0.361 e. The molecule has 2 rings (SSSR count). The van der Waals surface area contributed by atoms with E-state index in [-0.39, 0.29) is 0 Å². The molecule has 2 N–H and O–H groups in total. The van der Waals surface area contributed by atoms with Crippen molar-refractivity contribution in [1.82, 2.24) is 15.2 Å². The summed E-state index contributed by atoms with van der Waals surface area (Å²) in [7, 11) is 0. The zero-order chi connectivity index (χ0) is 12.1. The van der Waals surface area contributed by atoms with Crippen LogP contribution in [0.2, 0.25) is 0 Å². The normalized spacial score (nSPS) is 17.3. The Morgan fingerprint density at radius 3 is 2.76 bits per heavy atom. The Hall–Kier alpha value is -0.650. The number of hydrogen-bond acceptors (Lipinski definition) is 5. The number of nitrogens with one attached hydrogen (secondary N) is 2.